The van der Waals surface area contributed by atoms with Crippen molar-refractivity contribution in [3.8, 4) is 12.3 Å². The Hall–Kier alpha value is -0.520. The van der Waals surface area contributed by atoms with Crippen molar-refractivity contribution in [2.75, 3.05) is 19.6 Å². The highest BCUT2D eigenvalue weighted by molar-refractivity contribution is 5.08. The molecule has 0 aromatic heterocycles. The van der Waals surface area contributed by atoms with Gasteiger partial charge < -0.3 is 4.90 Å². The Morgan fingerprint density at radius 2 is 2.12 bits per heavy atom. The van der Waals surface area contributed by atoms with Gasteiger partial charge in [-0.15, -0.1) is 6.42 Å². The number of hydrogen-bond donors (Lipinski definition) is 1. The molecule has 1 atom stereocenters. The van der Waals surface area contributed by atoms with Crippen molar-refractivity contribution in [2.24, 2.45) is 0 Å². The van der Waals surface area contributed by atoms with Crippen molar-refractivity contribution in [2.45, 2.75) is 58.0 Å². The van der Waals surface area contributed by atoms with E-state index in [9.17, 15) is 0 Å². The molecule has 2 heteroatoms. The van der Waals surface area contributed by atoms with E-state index in [1.807, 2.05) is 0 Å². The summed E-state index contributed by atoms with van der Waals surface area (Å²) in [5.41, 5.74) is -0.162. The van der Waals surface area contributed by atoms with Gasteiger partial charge in [-0.25, -0.2) is 0 Å². The van der Waals surface area contributed by atoms with Crippen molar-refractivity contribution in [1.82, 2.24) is 10.2 Å². The molecule has 0 aromatic carbocycles. The second-order valence-corrected chi connectivity index (χ2v) is 5.38. The first-order valence-corrected chi connectivity index (χ1v) is 6.55. The van der Waals surface area contributed by atoms with E-state index < -0.39 is 0 Å². The SMILES string of the molecule is C#CC(C)(C)NC1CCCN(CCC)CC1. The minimum atomic E-state index is -0.162. The topological polar surface area (TPSA) is 15.3 Å². The predicted octanol–water partition coefficient (Wildman–Crippen LogP) is 2.25. The smallest absolute Gasteiger partial charge is 0.0743 e. The Morgan fingerprint density at radius 1 is 1.38 bits per heavy atom. The van der Waals surface area contributed by atoms with Gasteiger partial charge >= 0.3 is 0 Å². The van der Waals surface area contributed by atoms with Gasteiger partial charge in [-0.1, -0.05) is 12.8 Å². The molecule has 1 aliphatic heterocycles. The monoisotopic (exact) mass is 222 g/mol. The minimum absolute atomic E-state index is 0.162. The zero-order valence-electron chi connectivity index (χ0n) is 11.1. The van der Waals surface area contributed by atoms with Crippen LogP contribution in [0.5, 0.6) is 0 Å². The van der Waals surface area contributed by atoms with Gasteiger partial charge in [0.15, 0.2) is 0 Å². The fourth-order valence-corrected chi connectivity index (χ4v) is 2.39. The molecule has 0 aromatic rings. The molecule has 0 spiro atoms. The minimum Gasteiger partial charge on any atom is -0.303 e. The lowest BCUT2D eigenvalue weighted by molar-refractivity contribution is 0.280. The summed E-state index contributed by atoms with van der Waals surface area (Å²) in [7, 11) is 0. The Kier molecular flexibility index (Phi) is 5.31. The van der Waals surface area contributed by atoms with Crippen LogP contribution in [-0.2, 0) is 0 Å². The highest BCUT2D eigenvalue weighted by Gasteiger charge is 2.22. The van der Waals surface area contributed by atoms with Gasteiger partial charge in [0.2, 0.25) is 0 Å². The molecule has 1 aliphatic rings. The van der Waals surface area contributed by atoms with Crippen LogP contribution in [0.25, 0.3) is 0 Å². The standard InChI is InChI=1S/C14H26N2/c1-5-10-16-11-7-8-13(9-12-16)15-14(3,4)6-2/h2,13,15H,5,7-12H2,1,3-4H3. The second kappa shape index (κ2) is 6.27. The zero-order valence-corrected chi connectivity index (χ0v) is 11.1. The third-order valence-electron chi connectivity index (χ3n) is 3.29. The summed E-state index contributed by atoms with van der Waals surface area (Å²) in [5, 5.41) is 3.58. The molecule has 0 aliphatic carbocycles. The first-order valence-electron chi connectivity index (χ1n) is 6.55. The highest BCUT2D eigenvalue weighted by atomic mass is 15.1. The van der Waals surface area contributed by atoms with E-state index in [1.165, 1.54) is 45.3 Å². The average Bonchev–Trinajstić information content (AvgIpc) is 2.44. The van der Waals surface area contributed by atoms with Crippen LogP contribution in [0, 0.1) is 12.3 Å². The maximum Gasteiger partial charge on any atom is 0.0743 e. The first kappa shape index (κ1) is 13.5. The summed E-state index contributed by atoms with van der Waals surface area (Å²) in [4.78, 5) is 2.57. The van der Waals surface area contributed by atoms with Crippen molar-refractivity contribution in [3.05, 3.63) is 0 Å². The normalized spacial score (nSPS) is 23.8. The van der Waals surface area contributed by atoms with Gasteiger partial charge in [0.25, 0.3) is 0 Å². The molecule has 16 heavy (non-hydrogen) atoms. The van der Waals surface area contributed by atoms with Gasteiger partial charge in [-0.2, -0.15) is 0 Å². The molecular weight excluding hydrogens is 196 g/mol. The zero-order chi connectivity index (χ0) is 12.0. The molecule has 0 radical (unpaired) electrons. The quantitative estimate of drug-likeness (QED) is 0.734. The van der Waals surface area contributed by atoms with Crippen molar-refractivity contribution in [3.63, 3.8) is 0 Å². The van der Waals surface area contributed by atoms with Crippen LogP contribution in [0.4, 0.5) is 0 Å². The number of hydrogen-bond acceptors (Lipinski definition) is 2. The van der Waals surface area contributed by atoms with Crippen molar-refractivity contribution < 1.29 is 0 Å². The second-order valence-electron chi connectivity index (χ2n) is 5.38. The third kappa shape index (κ3) is 4.55. The molecule has 1 unspecified atom stereocenters. The van der Waals surface area contributed by atoms with Gasteiger partial charge in [0.05, 0.1) is 5.54 Å². The van der Waals surface area contributed by atoms with Crippen molar-refractivity contribution >= 4 is 0 Å². The number of nitrogens with zero attached hydrogens (tertiary/aromatic N) is 1. The molecule has 1 rings (SSSR count). The highest BCUT2D eigenvalue weighted by Crippen LogP contribution is 2.14. The maximum absolute atomic E-state index is 5.51. The molecule has 0 bridgehead atoms. The van der Waals surface area contributed by atoms with E-state index in [1.54, 1.807) is 0 Å². The van der Waals surface area contributed by atoms with Gasteiger partial charge in [-0.3, -0.25) is 5.32 Å². The lowest BCUT2D eigenvalue weighted by Crippen LogP contribution is -2.45. The summed E-state index contributed by atoms with van der Waals surface area (Å²) in [5.74, 6) is 2.82. The third-order valence-corrected chi connectivity index (χ3v) is 3.29. The summed E-state index contributed by atoms with van der Waals surface area (Å²) < 4.78 is 0. The van der Waals surface area contributed by atoms with Crippen LogP contribution in [-0.4, -0.2) is 36.1 Å². The summed E-state index contributed by atoms with van der Waals surface area (Å²) in [6.07, 6.45) is 10.5. The lowest BCUT2D eigenvalue weighted by atomic mass is 10.0. The van der Waals surface area contributed by atoms with Crippen LogP contribution in [0.1, 0.15) is 46.5 Å². The van der Waals surface area contributed by atoms with Gasteiger partial charge in [0, 0.05) is 6.04 Å². The molecule has 1 saturated heterocycles. The number of nitrogens with one attached hydrogen (secondary N) is 1. The van der Waals surface area contributed by atoms with Gasteiger partial charge in [0.1, 0.15) is 0 Å². The summed E-state index contributed by atoms with van der Waals surface area (Å²) >= 11 is 0. The largest absolute Gasteiger partial charge is 0.303 e. The molecule has 1 heterocycles. The van der Waals surface area contributed by atoms with E-state index >= 15 is 0 Å². The van der Waals surface area contributed by atoms with E-state index in [4.69, 9.17) is 6.42 Å². The molecule has 1 fully saturated rings. The molecule has 0 amide bonds. The molecule has 2 nitrogen and oxygen atoms in total. The van der Waals surface area contributed by atoms with E-state index in [2.05, 4.69) is 36.9 Å². The van der Waals surface area contributed by atoms with Crippen LogP contribution in [0.3, 0.4) is 0 Å². The Balaban J connectivity index is 2.39. The number of likely N-dealkylation sites (tertiary alicyclic amines) is 1. The van der Waals surface area contributed by atoms with E-state index in [0.717, 1.165) is 0 Å². The molecule has 0 saturated carbocycles. The number of terminal acetylenes is 1. The van der Waals surface area contributed by atoms with Crippen LogP contribution in [0.15, 0.2) is 0 Å². The summed E-state index contributed by atoms with van der Waals surface area (Å²) in [6, 6.07) is 0.591. The Bertz CT molecular complexity index is 240. The molecular formula is C14H26N2. The van der Waals surface area contributed by atoms with E-state index in [-0.39, 0.29) is 5.54 Å². The molecule has 92 valence electrons. The average molecular weight is 222 g/mol. The Morgan fingerprint density at radius 3 is 2.75 bits per heavy atom. The number of rotatable bonds is 4. The molecule has 1 N–H and O–H groups in total. The fourth-order valence-electron chi connectivity index (χ4n) is 2.39. The lowest BCUT2D eigenvalue weighted by Gasteiger charge is -2.27. The van der Waals surface area contributed by atoms with E-state index in [0.29, 0.717) is 6.04 Å². The fraction of sp³-hybridized carbons (Fsp3) is 0.857. The van der Waals surface area contributed by atoms with Crippen LogP contribution in [0.2, 0.25) is 0 Å². The van der Waals surface area contributed by atoms with Crippen LogP contribution >= 0.6 is 0 Å². The maximum atomic E-state index is 5.51. The summed E-state index contributed by atoms with van der Waals surface area (Å²) in [6.45, 7) is 10.1. The van der Waals surface area contributed by atoms with Crippen LogP contribution < -0.4 is 5.32 Å². The predicted molar refractivity (Wildman–Crippen MR) is 70.4 cm³/mol. The van der Waals surface area contributed by atoms with Crippen molar-refractivity contribution in [1.29, 1.82) is 0 Å². The Labute approximate surface area is 101 Å². The first-order chi connectivity index (χ1) is 7.57. The van der Waals surface area contributed by atoms with Gasteiger partial charge in [-0.05, 0) is 59.2 Å².